The maximum atomic E-state index is 12.5. The van der Waals surface area contributed by atoms with Crippen LogP contribution in [0.4, 0.5) is 5.13 Å². The van der Waals surface area contributed by atoms with Crippen LogP contribution in [0.5, 0.6) is 0 Å². The van der Waals surface area contributed by atoms with E-state index in [1.165, 1.54) is 20.5 Å². The zero-order valence-electron chi connectivity index (χ0n) is 14.3. The van der Waals surface area contributed by atoms with Gasteiger partial charge >= 0.3 is 5.69 Å². The topological polar surface area (TPSA) is 68.9 Å². The van der Waals surface area contributed by atoms with E-state index < -0.39 is 0 Å². The van der Waals surface area contributed by atoms with E-state index >= 15 is 0 Å². The lowest BCUT2D eigenvalue weighted by atomic mass is 10.2. The van der Waals surface area contributed by atoms with Gasteiger partial charge in [0.05, 0.1) is 16.7 Å². The molecule has 1 amide bonds. The summed E-state index contributed by atoms with van der Waals surface area (Å²) < 4.78 is 3.97. The Kier molecular flexibility index (Phi) is 4.67. The number of nitrogens with zero attached hydrogens (tertiary/aromatic N) is 3. The molecule has 2 aromatic heterocycles. The Bertz CT molecular complexity index is 1210. The molecule has 6 nitrogen and oxygen atoms in total. The highest BCUT2D eigenvalue weighted by molar-refractivity contribution is 9.10. The smallest absolute Gasteiger partial charge is 0.300 e. The average molecular weight is 443 g/mol. The number of fused-ring (bicyclic) bond motifs is 1. The number of amides is 1. The molecule has 0 radical (unpaired) electrons. The van der Waals surface area contributed by atoms with Gasteiger partial charge in [0.2, 0.25) is 5.91 Å². The van der Waals surface area contributed by atoms with Crippen molar-refractivity contribution in [3.05, 3.63) is 68.9 Å². The number of anilines is 1. The molecule has 2 heterocycles. The maximum absolute atomic E-state index is 12.5. The molecule has 0 aliphatic carbocycles. The van der Waals surface area contributed by atoms with Crippen LogP contribution in [0.25, 0.3) is 22.3 Å². The van der Waals surface area contributed by atoms with Crippen molar-refractivity contribution in [1.82, 2.24) is 14.1 Å². The quantitative estimate of drug-likeness (QED) is 0.521. The van der Waals surface area contributed by atoms with E-state index in [1.807, 2.05) is 53.9 Å². The van der Waals surface area contributed by atoms with Gasteiger partial charge in [-0.2, -0.15) is 0 Å². The van der Waals surface area contributed by atoms with E-state index in [1.54, 1.807) is 7.05 Å². The minimum Gasteiger partial charge on any atom is -0.300 e. The zero-order valence-corrected chi connectivity index (χ0v) is 16.8. The molecular formula is C19H15BrN4O2S. The van der Waals surface area contributed by atoms with Gasteiger partial charge < -0.3 is 5.32 Å². The van der Waals surface area contributed by atoms with E-state index in [9.17, 15) is 9.59 Å². The molecule has 0 aliphatic heterocycles. The third kappa shape index (κ3) is 3.45. The largest absolute Gasteiger partial charge is 0.329 e. The number of carbonyl (C=O) groups is 1. The normalized spacial score (nSPS) is 11.0. The van der Waals surface area contributed by atoms with E-state index in [-0.39, 0.29) is 18.1 Å². The third-order valence-corrected chi connectivity index (χ3v) is 5.48. The number of halogens is 1. The minimum absolute atomic E-state index is 0.0635. The number of para-hydroxylation sites is 2. The fourth-order valence-electron chi connectivity index (χ4n) is 2.93. The summed E-state index contributed by atoms with van der Waals surface area (Å²) in [6.07, 6.45) is 0. The number of hydrogen-bond donors (Lipinski definition) is 1. The molecule has 8 heteroatoms. The number of carbonyl (C=O) groups excluding carboxylic acids is 1. The second-order valence-electron chi connectivity index (χ2n) is 6.01. The predicted molar refractivity (Wildman–Crippen MR) is 111 cm³/mol. The monoisotopic (exact) mass is 442 g/mol. The second-order valence-corrected chi connectivity index (χ2v) is 7.79. The average Bonchev–Trinajstić information content (AvgIpc) is 3.21. The summed E-state index contributed by atoms with van der Waals surface area (Å²) in [5, 5.41) is 5.18. The van der Waals surface area contributed by atoms with Crippen LogP contribution in [0.1, 0.15) is 0 Å². The SMILES string of the molecule is Cn1c(=O)n(CC(=O)Nc2nc(-c3cccc(Br)c3)cs2)c2ccccc21. The lowest BCUT2D eigenvalue weighted by Crippen LogP contribution is -2.28. The summed E-state index contributed by atoms with van der Waals surface area (Å²) in [7, 11) is 1.70. The summed E-state index contributed by atoms with van der Waals surface area (Å²) in [4.78, 5) is 29.4. The molecule has 27 heavy (non-hydrogen) atoms. The van der Waals surface area contributed by atoms with Crippen molar-refractivity contribution in [3.8, 4) is 11.3 Å². The molecule has 4 rings (SSSR count). The first kappa shape index (κ1) is 17.7. The Morgan fingerprint density at radius 3 is 2.74 bits per heavy atom. The summed E-state index contributed by atoms with van der Waals surface area (Å²) in [5.41, 5.74) is 3.06. The first-order chi connectivity index (χ1) is 13.0. The summed E-state index contributed by atoms with van der Waals surface area (Å²) >= 11 is 4.79. The number of rotatable bonds is 4. The Labute approximate surface area is 167 Å². The molecule has 0 atom stereocenters. The molecule has 0 fully saturated rings. The second kappa shape index (κ2) is 7.13. The fraction of sp³-hybridized carbons (Fsp3) is 0.105. The first-order valence-corrected chi connectivity index (χ1v) is 9.86. The van der Waals surface area contributed by atoms with Crippen LogP contribution < -0.4 is 11.0 Å². The van der Waals surface area contributed by atoms with Crippen molar-refractivity contribution in [2.45, 2.75) is 6.54 Å². The molecule has 0 saturated heterocycles. The molecule has 0 bridgehead atoms. The van der Waals surface area contributed by atoms with Crippen molar-refractivity contribution in [2.24, 2.45) is 7.05 Å². The number of imidazole rings is 1. The Balaban J connectivity index is 1.54. The lowest BCUT2D eigenvalue weighted by Gasteiger charge is -2.03. The highest BCUT2D eigenvalue weighted by atomic mass is 79.9. The van der Waals surface area contributed by atoms with Crippen molar-refractivity contribution in [1.29, 1.82) is 0 Å². The lowest BCUT2D eigenvalue weighted by molar-refractivity contribution is -0.116. The van der Waals surface area contributed by atoms with Gasteiger partial charge in [-0.3, -0.25) is 13.9 Å². The van der Waals surface area contributed by atoms with E-state index in [0.717, 1.165) is 26.8 Å². The van der Waals surface area contributed by atoms with Gasteiger partial charge in [0, 0.05) is 22.5 Å². The van der Waals surface area contributed by atoms with E-state index in [4.69, 9.17) is 0 Å². The number of hydrogen-bond acceptors (Lipinski definition) is 4. The molecule has 0 saturated carbocycles. The molecule has 0 unspecified atom stereocenters. The minimum atomic E-state index is -0.288. The van der Waals surface area contributed by atoms with Crippen LogP contribution >= 0.6 is 27.3 Å². The standard InChI is InChI=1S/C19H15BrN4O2S/c1-23-15-7-2-3-8-16(15)24(19(23)26)10-17(25)22-18-21-14(11-27-18)12-5-4-6-13(20)9-12/h2-9,11H,10H2,1H3,(H,21,22,25). The van der Waals surface area contributed by atoms with Gasteiger partial charge in [-0.15, -0.1) is 11.3 Å². The molecule has 1 N–H and O–H groups in total. The number of benzene rings is 2. The highest BCUT2D eigenvalue weighted by Crippen LogP contribution is 2.26. The summed E-state index contributed by atoms with van der Waals surface area (Å²) in [6.45, 7) is -0.0635. The molecule has 0 aliphatic rings. The Hall–Kier alpha value is -2.71. The number of thiazole rings is 1. The molecule has 2 aromatic carbocycles. The van der Waals surface area contributed by atoms with Gasteiger partial charge in [0.25, 0.3) is 0 Å². The first-order valence-electron chi connectivity index (χ1n) is 8.18. The zero-order chi connectivity index (χ0) is 19.0. The number of aromatic nitrogens is 3. The molecule has 4 aromatic rings. The van der Waals surface area contributed by atoms with Gasteiger partial charge in [-0.05, 0) is 24.3 Å². The highest BCUT2D eigenvalue weighted by Gasteiger charge is 2.14. The Morgan fingerprint density at radius 1 is 1.19 bits per heavy atom. The van der Waals surface area contributed by atoms with Gasteiger partial charge in [-0.25, -0.2) is 9.78 Å². The molecule has 136 valence electrons. The van der Waals surface area contributed by atoms with Crippen molar-refractivity contribution in [2.75, 3.05) is 5.32 Å². The third-order valence-electron chi connectivity index (χ3n) is 4.22. The van der Waals surface area contributed by atoms with E-state index in [2.05, 4.69) is 26.2 Å². The van der Waals surface area contributed by atoms with Crippen LogP contribution in [-0.2, 0) is 18.4 Å². The summed E-state index contributed by atoms with van der Waals surface area (Å²) in [5.74, 6) is -0.288. The molecule has 0 spiro atoms. The van der Waals surface area contributed by atoms with Gasteiger partial charge in [0.1, 0.15) is 6.54 Å². The van der Waals surface area contributed by atoms with Crippen LogP contribution in [0.3, 0.4) is 0 Å². The van der Waals surface area contributed by atoms with Crippen molar-refractivity contribution >= 4 is 49.3 Å². The number of nitrogens with one attached hydrogen (secondary N) is 1. The molecular weight excluding hydrogens is 428 g/mol. The Morgan fingerprint density at radius 2 is 1.96 bits per heavy atom. The van der Waals surface area contributed by atoms with Crippen molar-refractivity contribution < 1.29 is 4.79 Å². The summed E-state index contributed by atoms with van der Waals surface area (Å²) in [6, 6.07) is 15.2. The van der Waals surface area contributed by atoms with Gasteiger partial charge in [-0.1, -0.05) is 40.2 Å². The van der Waals surface area contributed by atoms with Crippen LogP contribution in [-0.4, -0.2) is 20.0 Å². The van der Waals surface area contributed by atoms with E-state index in [0.29, 0.717) is 5.13 Å². The maximum Gasteiger partial charge on any atom is 0.329 e. The van der Waals surface area contributed by atoms with Crippen molar-refractivity contribution in [3.63, 3.8) is 0 Å². The van der Waals surface area contributed by atoms with Crippen LogP contribution in [0.15, 0.2) is 63.2 Å². The van der Waals surface area contributed by atoms with Crippen LogP contribution in [0.2, 0.25) is 0 Å². The van der Waals surface area contributed by atoms with Crippen LogP contribution in [0, 0.1) is 0 Å². The van der Waals surface area contributed by atoms with Gasteiger partial charge in [0.15, 0.2) is 5.13 Å². The fourth-order valence-corrected chi connectivity index (χ4v) is 4.07. The predicted octanol–water partition coefficient (Wildman–Crippen LogP) is 3.86. The number of aryl methyl sites for hydroxylation is 1.